The average molecular weight is 269 g/mol. The van der Waals surface area contributed by atoms with Gasteiger partial charge in [0.1, 0.15) is 0 Å². The highest BCUT2D eigenvalue weighted by atomic mass is 16.3. The van der Waals surface area contributed by atoms with Gasteiger partial charge in [-0.25, -0.2) is 0 Å². The average Bonchev–Trinajstić information content (AvgIpc) is 2.95. The summed E-state index contributed by atoms with van der Waals surface area (Å²) in [4.78, 5) is 16.9. The van der Waals surface area contributed by atoms with Crippen molar-refractivity contribution in [3.05, 3.63) is 0 Å². The van der Waals surface area contributed by atoms with Gasteiger partial charge < -0.3 is 20.2 Å². The number of carbonyl (C=O) groups is 1. The van der Waals surface area contributed by atoms with Gasteiger partial charge in [-0.1, -0.05) is 6.92 Å². The molecule has 2 aliphatic rings. The van der Waals surface area contributed by atoms with Gasteiger partial charge in [-0.2, -0.15) is 0 Å². The Morgan fingerprint density at radius 1 is 1.53 bits per heavy atom. The van der Waals surface area contributed by atoms with Crippen LogP contribution in [0, 0.1) is 5.41 Å². The van der Waals surface area contributed by atoms with E-state index in [4.69, 9.17) is 0 Å². The lowest BCUT2D eigenvalue weighted by Crippen LogP contribution is -2.49. The Bertz CT molecular complexity index is 327. The summed E-state index contributed by atoms with van der Waals surface area (Å²) in [6, 6.07) is 0.154. The molecule has 0 aromatic heterocycles. The van der Waals surface area contributed by atoms with E-state index in [0.717, 1.165) is 32.5 Å². The Morgan fingerprint density at radius 2 is 2.26 bits per heavy atom. The second-order valence-electron chi connectivity index (χ2n) is 6.32. The van der Waals surface area contributed by atoms with Crippen LogP contribution in [0.15, 0.2) is 0 Å². The predicted octanol–water partition coefficient (Wildman–Crippen LogP) is -0.100. The molecule has 5 heteroatoms. The van der Waals surface area contributed by atoms with Gasteiger partial charge in [-0.3, -0.25) is 4.79 Å². The van der Waals surface area contributed by atoms with Crippen LogP contribution < -0.4 is 5.32 Å². The molecule has 2 fully saturated rings. The highest BCUT2D eigenvalue weighted by Gasteiger charge is 2.46. The standard InChI is InChI=1S/C14H27N3O2/c1-4-14(5-6-15-10-14)13(19)17-9-12(18)7-11(17)8-16(2)3/h11-12,15,18H,4-10H2,1-3H3. The summed E-state index contributed by atoms with van der Waals surface area (Å²) < 4.78 is 0. The Balaban J connectivity index is 2.11. The Labute approximate surface area is 115 Å². The van der Waals surface area contributed by atoms with Crippen LogP contribution in [0.3, 0.4) is 0 Å². The van der Waals surface area contributed by atoms with Gasteiger partial charge in [0.05, 0.1) is 11.5 Å². The summed E-state index contributed by atoms with van der Waals surface area (Å²) in [5, 5.41) is 13.2. The molecule has 1 amide bonds. The normalized spacial score (nSPS) is 35.3. The molecule has 0 saturated carbocycles. The van der Waals surface area contributed by atoms with Crippen LogP contribution >= 0.6 is 0 Å². The summed E-state index contributed by atoms with van der Waals surface area (Å²) in [5.41, 5.74) is -0.241. The maximum atomic E-state index is 12.9. The van der Waals surface area contributed by atoms with Crippen LogP contribution in [0.5, 0.6) is 0 Å². The molecule has 0 bridgehead atoms. The third kappa shape index (κ3) is 2.93. The minimum absolute atomic E-state index is 0.154. The SMILES string of the molecule is CCC1(C(=O)N2CC(O)CC2CN(C)C)CCNC1. The van der Waals surface area contributed by atoms with Crippen LogP contribution in [-0.2, 0) is 4.79 Å². The van der Waals surface area contributed by atoms with Crippen LogP contribution in [-0.4, -0.2) is 73.2 Å². The van der Waals surface area contributed by atoms with Crippen molar-refractivity contribution in [1.82, 2.24) is 15.1 Å². The first-order valence-electron chi connectivity index (χ1n) is 7.33. The molecular formula is C14H27N3O2. The second-order valence-corrected chi connectivity index (χ2v) is 6.32. The van der Waals surface area contributed by atoms with Crippen molar-refractivity contribution in [3.8, 4) is 0 Å². The van der Waals surface area contributed by atoms with E-state index >= 15 is 0 Å². The van der Waals surface area contributed by atoms with E-state index < -0.39 is 0 Å². The van der Waals surface area contributed by atoms with Crippen molar-refractivity contribution >= 4 is 5.91 Å². The first kappa shape index (κ1) is 14.8. The van der Waals surface area contributed by atoms with E-state index in [1.54, 1.807) is 0 Å². The highest BCUT2D eigenvalue weighted by molar-refractivity contribution is 5.84. The number of nitrogens with zero attached hydrogens (tertiary/aromatic N) is 2. The van der Waals surface area contributed by atoms with Gasteiger partial charge in [0.25, 0.3) is 0 Å². The first-order valence-corrected chi connectivity index (χ1v) is 7.33. The van der Waals surface area contributed by atoms with Crippen molar-refractivity contribution in [2.75, 3.05) is 40.3 Å². The van der Waals surface area contributed by atoms with E-state index in [-0.39, 0.29) is 23.5 Å². The molecule has 5 nitrogen and oxygen atoms in total. The molecule has 2 N–H and O–H groups in total. The number of aliphatic hydroxyl groups is 1. The number of nitrogens with one attached hydrogen (secondary N) is 1. The van der Waals surface area contributed by atoms with Crippen molar-refractivity contribution < 1.29 is 9.90 Å². The molecule has 0 spiro atoms. The van der Waals surface area contributed by atoms with Crippen LogP contribution in [0.1, 0.15) is 26.2 Å². The number of aliphatic hydroxyl groups excluding tert-OH is 1. The van der Waals surface area contributed by atoms with Crippen LogP contribution in [0.2, 0.25) is 0 Å². The van der Waals surface area contributed by atoms with Gasteiger partial charge in [0.15, 0.2) is 0 Å². The molecule has 2 saturated heterocycles. The number of likely N-dealkylation sites (N-methyl/N-ethyl adjacent to an activating group) is 1. The monoisotopic (exact) mass is 269 g/mol. The number of amides is 1. The van der Waals surface area contributed by atoms with Crippen molar-refractivity contribution in [2.24, 2.45) is 5.41 Å². The highest BCUT2D eigenvalue weighted by Crippen LogP contribution is 2.34. The van der Waals surface area contributed by atoms with Crippen LogP contribution in [0.25, 0.3) is 0 Å². The summed E-state index contributed by atoms with van der Waals surface area (Å²) in [6.07, 6.45) is 2.14. The third-order valence-corrected chi connectivity index (χ3v) is 4.60. The number of hydrogen-bond acceptors (Lipinski definition) is 4. The summed E-state index contributed by atoms with van der Waals surface area (Å²) in [6.45, 7) is 5.13. The summed E-state index contributed by atoms with van der Waals surface area (Å²) in [7, 11) is 4.03. The topological polar surface area (TPSA) is 55.8 Å². The zero-order valence-electron chi connectivity index (χ0n) is 12.4. The molecule has 3 unspecified atom stereocenters. The fourth-order valence-corrected chi connectivity index (χ4v) is 3.42. The van der Waals surface area contributed by atoms with Gasteiger partial charge in [-0.05, 0) is 39.9 Å². The maximum Gasteiger partial charge on any atom is 0.230 e. The molecule has 0 radical (unpaired) electrons. The molecule has 2 rings (SSSR count). The van der Waals surface area contributed by atoms with Crippen molar-refractivity contribution in [2.45, 2.75) is 38.3 Å². The molecule has 2 heterocycles. The number of likely N-dealkylation sites (tertiary alicyclic amines) is 1. The molecule has 110 valence electrons. The minimum Gasteiger partial charge on any atom is -0.391 e. The Kier molecular flexibility index (Phi) is 4.48. The third-order valence-electron chi connectivity index (χ3n) is 4.60. The Morgan fingerprint density at radius 3 is 2.79 bits per heavy atom. The molecule has 19 heavy (non-hydrogen) atoms. The zero-order valence-corrected chi connectivity index (χ0v) is 12.4. The van der Waals surface area contributed by atoms with Gasteiger partial charge in [0, 0.05) is 25.7 Å². The molecule has 0 aromatic carbocycles. The second kappa shape index (κ2) is 5.77. The lowest BCUT2D eigenvalue weighted by molar-refractivity contribution is -0.142. The van der Waals surface area contributed by atoms with Gasteiger partial charge >= 0.3 is 0 Å². The lowest BCUT2D eigenvalue weighted by atomic mass is 9.82. The van der Waals surface area contributed by atoms with E-state index in [0.29, 0.717) is 13.0 Å². The van der Waals surface area contributed by atoms with Crippen molar-refractivity contribution in [3.63, 3.8) is 0 Å². The van der Waals surface area contributed by atoms with E-state index in [1.807, 2.05) is 19.0 Å². The minimum atomic E-state index is -0.364. The first-order chi connectivity index (χ1) is 8.98. The molecule has 2 aliphatic heterocycles. The lowest BCUT2D eigenvalue weighted by Gasteiger charge is -2.35. The molecular weight excluding hydrogens is 242 g/mol. The van der Waals surface area contributed by atoms with Crippen LogP contribution in [0.4, 0.5) is 0 Å². The summed E-state index contributed by atoms with van der Waals surface area (Å²) >= 11 is 0. The van der Waals surface area contributed by atoms with E-state index in [2.05, 4.69) is 17.1 Å². The number of rotatable bonds is 4. The number of carbonyl (C=O) groups excluding carboxylic acids is 1. The fraction of sp³-hybridized carbons (Fsp3) is 0.929. The van der Waals surface area contributed by atoms with E-state index in [1.165, 1.54) is 0 Å². The predicted molar refractivity (Wildman–Crippen MR) is 74.9 cm³/mol. The quantitative estimate of drug-likeness (QED) is 0.748. The molecule has 3 atom stereocenters. The maximum absolute atomic E-state index is 12.9. The molecule has 0 aliphatic carbocycles. The largest absolute Gasteiger partial charge is 0.391 e. The summed E-state index contributed by atoms with van der Waals surface area (Å²) in [5.74, 6) is 0.239. The fourth-order valence-electron chi connectivity index (χ4n) is 3.42. The van der Waals surface area contributed by atoms with E-state index in [9.17, 15) is 9.90 Å². The Hall–Kier alpha value is -0.650. The number of hydrogen-bond donors (Lipinski definition) is 2. The van der Waals surface area contributed by atoms with Gasteiger partial charge in [-0.15, -0.1) is 0 Å². The van der Waals surface area contributed by atoms with Crippen molar-refractivity contribution in [1.29, 1.82) is 0 Å². The smallest absolute Gasteiger partial charge is 0.230 e. The number of β-amino-alcohol motifs (C(OH)–C–C–N with tert-alkyl or cyclic N) is 1. The zero-order chi connectivity index (χ0) is 14.0. The molecule has 0 aromatic rings. The van der Waals surface area contributed by atoms with Gasteiger partial charge in [0.2, 0.25) is 5.91 Å².